The van der Waals surface area contributed by atoms with Gasteiger partial charge in [-0.2, -0.15) is 0 Å². The van der Waals surface area contributed by atoms with E-state index in [4.69, 9.17) is 4.42 Å². The summed E-state index contributed by atoms with van der Waals surface area (Å²) in [5.41, 5.74) is 12.2. The lowest BCUT2D eigenvalue weighted by Crippen LogP contribution is -2.10. The SMILES string of the molecule is c1ccc(-c2ccc(-c3ccc(N(c4cccc(-c5ccc6c(c5)sc5ccccc56)c4)c4cccc5oc6ccccc6c45)cc3)cc2)cc1. The van der Waals surface area contributed by atoms with Crippen molar-refractivity contribution in [3.63, 3.8) is 0 Å². The lowest BCUT2D eigenvalue weighted by molar-refractivity contribution is 0.669. The van der Waals surface area contributed by atoms with Crippen LogP contribution in [0.5, 0.6) is 0 Å². The van der Waals surface area contributed by atoms with E-state index in [2.05, 4.69) is 181 Å². The van der Waals surface area contributed by atoms with Gasteiger partial charge in [-0.1, -0.05) is 133 Å². The number of furan rings is 1. The third-order valence-corrected chi connectivity index (χ3v) is 11.0. The zero-order chi connectivity index (χ0) is 33.7. The smallest absolute Gasteiger partial charge is 0.137 e. The first-order valence-electron chi connectivity index (χ1n) is 17.2. The van der Waals surface area contributed by atoms with Crippen LogP contribution in [0.4, 0.5) is 17.1 Å². The molecule has 2 nitrogen and oxygen atoms in total. The maximum atomic E-state index is 6.37. The predicted octanol–water partition coefficient (Wildman–Crippen LogP) is 14.4. The Morgan fingerprint density at radius 2 is 0.922 bits per heavy atom. The Morgan fingerprint density at radius 1 is 0.353 bits per heavy atom. The topological polar surface area (TPSA) is 16.4 Å². The van der Waals surface area contributed by atoms with Gasteiger partial charge in [0, 0.05) is 36.9 Å². The maximum absolute atomic E-state index is 6.37. The molecule has 10 aromatic rings. The Labute approximate surface area is 300 Å². The van der Waals surface area contributed by atoms with E-state index in [-0.39, 0.29) is 0 Å². The number of hydrogen-bond acceptors (Lipinski definition) is 3. The van der Waals surface area contributed by atoms with Crippen molar-refractivity contribution in [1.82, 2.24) is 0 Å². The lowest BCUT2D eigenvalue weighted by Gasteiger charge is -2.27. The zero-order valence-corrected chi connectivity index (χ0v) is 28.5. The van der Waals surface area contributed by atoms with Crippen molar-refractivity contribution in [2.45, 2.75) is 0 Å². The molecule has 51 heavy (non-hydrogen) atoms. The second-order valence-corrected chi connectivity index (χ2v) is 14.0. The Morgan fingerprint density at radius 3 is 1.73 bits per heavy atom. The van der Waals surface area contributed by atoms with E-state index >= 15 is 0 Å². The van der Waals surface area contributed by atoms with Crippen molar-refractivity contribution >= 4 is 70.5 Å². The molecule has 0 unspecified atom stereocenters. The zero-order valence-electron chi connectivity index (χ0n) is 27.7. The standard InChI is InChI=1S/C48H31NOS/c1-2-10-32(11-3-1)33-20-22-34(23-21-33)35-24-27-38(28-25-35)49(43-16-9-18-45-48(43)42-15-4-6-17-44(42)50-45)39-13-8-12-36(30-39)37-26-29-41-40-14-5-7-19-46(40)51-47(41)31-37/h1-31H. The highest BCUT2D eigenvalue weighted by molar-refractivity contribution is 7.25. The molecule has 0 amide bonds. The van der Waals surface area contributed by atoms with Crippen LogP contribution < -0.4 is 4.90 Å². The fourth-order valence-corrected chi connectivity index (χ4v) is 8.53. The first-order chi connectivity index (χ1) is 25.3. The summed E-state index contributed by atoms with van der Waals surface area (Å²) in [5.74, 6) is 0. The van der Waals surface area contributed by atoms with Gasteiger partial charge in [0.15, 0.2) is 0 Å². The van der Waals surface area contributed by atoms with Crippen molar-refractivity contribution < 1.29 is 4.42 Å². The predicted molar refractivity (Wildman–Crippen MR) is 218 cm³/mol. The van der Waals surface area contributed by atoms with Gasteiger partial charge < -0.3 is 9.32 Å². The largest absolute Gasteiger partial charge is 0.456 e. The summed E-state index contributed by atoms with van der Waals surface area (Å²) in [6, 6.07) is 67.4. The van der Waals surface area contributed by atoms with E-state index in [0.29, 0.717) is 0 Å². The molecule has 0 fully saturated rings. The van der Waals surface area contributed by atoms with E-state index in [1.165, 1.54) is 53.6 Å². The molecule has 0 N–H and O–H groups in total. The van der Waals surface area contributed by atoms with E-state index in [1.54, 1.807) is 0 Å². The monoisotopic (exact) mass is 669 g/mol. The molecule has 10 rings (SSSR count). The molecule has 0 atom stereocenters. The van der Waals surface area contributed by atoms with Crippen LogP contribution in [0.15, 0.2) is 192 Å². The molecule has 0 saturated carbocycles. The minimum absolute atomic E-state index is 0.875. The van der Waals surface area contributed by atoms with Crippen LogP contribution >= 0.6 is 11.3 Å². The molecule has 0 saturated heterocycles. The second kappa shape index (κ2) is 12.2. The van der Waals surface area contributed by atoms with Gasteiger partial charge >= 0.3 is 0 Å². The highest BCUT2D eigenvalue weighted by Gasteiger charge is 2.20. The van der Waals surface area contributed by atoms with Crippen molar-refractivity contribution in [1.29, 1.82) is 0 Å². The number of nitrogens with zero attached hydrogens (tertiary/aromatic N) is 1. The molecule has 0 aliphatic carbocycles. The normalized spacial score (nSPS) is 11.5. The number of hydrogen-bond donors (Lipinski definition) is 0. The third-order valence-electron chi connectivity index (χ3n) is 9.89. The van der Waals surface area contributed by atoms with Gasteiger partial charge in [-0.15, -0.1) is 11.3 Å². The third kappa shape index (κ3) is 5.18. The Kier molecular flexibility index (Phi) is 7.04. The summed E-state index contributed by atoms with van der Waals surface area (Å²) in [6.07, 6.45) is 0. The molecule has 0 bridgehead atoms. The van der Waals surface area contributed by atoms with E-state index in [0.717, 1.165) is 39.0 Å². The van der Waals surface area contributed by atoms with Crippen LogP contribution in [0.2, 0.25) is 0 Å². The van der Waals surface area contributed by atoms with Crippen LogP contribution in [0.3, 0.4) is 0 Å². The average molecular weight is 670 g/mol. The first-order valence-corrected chi connectivity index (χ1v) is 18.1. The van der Waals surface area contributed by atoms with Gasteiger partial charge in [0.05, 0.1) is 11.1 Å². The Hall–Kier alpha value is -6.42. The number of anilines is 3. The van der Waals surface area contributed by atoms with Crippen molar-refractivity contribution in [2.75, 3.05) is 4.90 Å². The quantitative estimate of drug-likeness (QED) is 0.175. The highest BCUT2D eigenvalue weighted by Crippen LogP contribution is 2.44. The number of fused-ring (bicyclic) bond motifs is 6. The number of benzene rings is 8. The van der Waals surface area contributed by atoms with Crippen LogP contribution in [0.1, 0.15) is 0 Å². The molecular weight excluding hydrogens is 639 g/mol. The van der Waals surface area contributed by atoms with Crippen molar-refractivity contribution in [2.24, 2.45) is 0 Å². The maximum Gasteiger partial charge on any atom is 0.137 e. The molecule has 2 heterocycles. The molecular formula is C48H31NOS. The van der Waals surface area contributed by atoms with Gasteiger partial charge in [-0.25, -0.2) is 0 Å². The van der Waals surface area contributed by atoms with Gasteiger partial charge in [-0.3, -0.25) is 0 Å². The summed E-state index contributed by atoms with van der Waals surface area (Å²) in [6.45, 7) is 0. The lowest BCUT2D eigenvalue weighted by atomic mass is 9.99. The highest BCUT2D eigenvalue weighted by atomic mass is 32.1. The number of rotatable bonds is 6. The van der Waals surface area contributed by atoms with E-state index in [1.807, 2.05) is 23.5 Å². The van der Waals surface area contributed by atoms with Gasteiger partial charge in [0.25, 0.3) is 0 Å². The van der Waals surface area contributed by atoms with Crippen LogP contribution in [-0.4, -0.2) is 0 Å². The molecule has 2 aromatic heterocycles. The van der Waals surface area contributed by atoms with Crippen LogP contribution in [0, 0.1) is 0 Å². The van der Waals surface area contributed by atoms with Crippen LogP contribution in [0.25, 0.3) is 75.5 Å². The van der Waals surface area contributed by atoms with Crippen molar-refractivity contribution in [3.8, 4) is 33.4 Å². The molecule has 0 radical (unpaired) electrons. The minimum Gasteiger partial charge on any atom is -0.456 e. The molecule has 240 valence electrons. The molecule has 0 aliphatic heterocycles. The molecule has 3 heteroatoms. The fourth-order valence-electron chi connectivity index (χ4n) is 7.39. The summed E-state index contributed by atoms with van der Waals surface area (Å²) in [5, 5.41) is 4.84. The summed E-state index contributed by atoms with van der Waals surface area (Å²) < 4.78 is 8.99. The fraction of sp³-hybridized carbons (Fsp3) is 0. The molecule has 0 spiro atoms. The number of para-hydroxylation sites is 1. The van der Waals surface area contributed by atoms with Gasteiger partial charge in [0.1, 0.15) is 11.2 Å². The first kappa shape index (κ1) is 29.5. The van der Waals surface area contributed by atoms with E-state index < -0.39 is 0 Å². The summed E-state index contributed by atoms with van der Waals surface area (Å²) in [4.78, 5) is 2.37. The van der Waals surface area contributed by atoms with Gasteiger partial charge in [-0.05, 0) is 88.0 Å². The minimum atomic E-state index is 0.875. The summed E-state index contributed by atoms with van der Waals surface area (Å²) in [7, 11) is 0. The van der Waals surface area contributed by atoms with Crippen LogP contribution in [-0.2, 0) is 0 Å². The van der Waals surface area contributed by atoms with Gasteiger partial charge in [0.2, 0.25) is 0 Å². The summed E-state index contributed by atoms with van der Waals surface area (Å²) >= 11 is 1.86. The Balaban J connectivity index is 1.09. The molecule has 0 aliphatic rings. The van der Waals surface area contributed by atoms with E-state index in [9.17, 15) is 0 Å². The van der Waals surface area contributed by atoms with Crippen molar-refractivity contribution in [3.05, 3.63) is 188 Å². The Bertz CT molecular complexity index is 2850. The average Bonchev–Trinajstić information content (AvgIpc) is 3.77. The second-order valence-electron chi connectivity index (χ2n) is 12.9. The molecule has 8 aromatic carbocycles. The number of thiophene rings is 1.